The normalized spacial score (nSPS) is 15.3. The van der Waals surface area contributed by atoms with E-state index < -0.39 is 0 Å². The number of hydrogen-bond donors (Lipinski definition) is 1. The minimum Gasteiger partial charge on any atom is -0.339 e. The highest BCUT2D eigenvalue weighted by molar-refractivity contribution is 6.30. The number of amides is 3. The van der Waals surface area contributed by atoms with Gasteiger partial charge in [-0.15, -0.1) is 0 Å². The van der Waals surface area contributed by atoms with Crippen molar-refractivity contribution in [2.24, 2.45) is 5.41 Å². The van der Waals surface area contributed by atoms with Crippen LogP contribution in [0, 0.1) is 5.41 Å². The number of urea groups is 1. The van der Waals surface area contributed by atoms with Gasteiger partial charge >= 0.3 is 6.03 Å². The van der Waals surface area contributed by atoms with Crippen molar-refractivity contribution >= 4 is 23.5 Å². The van der Waals surface area contributed by atoms with Crippen LogP contribution in [0.2, 0.25) is 5.02 Å². The van der Waals surface area contributed by atoms with E-state index in [1.165, 1.54) is 0 Å². The molecular formula is C18H26ClN3O2. The van der Waals surface area contributed by atoms with Gasteiger partial charge in [-0.3, -0.25) is 4.79 Å². The minimum atomic E-state index is -0.0492. The van der Waals surface area contributed by atoms with Crippen molar-refractivity contribution in [3.8, 4) is 0 Å². The standard InChI is InChI=1S/C18H26ClN3O2/c1-18(2,3)13-20-17(24)22-9-7-21(8-10-22)16(23)12-14-5-4-6-15(19)11-14/h4-6,11H,7-10,12-13H2,1-3H3,(H,20,24). The average molecular weight is 352 g/mol. The molecule has 1 aromatic rings. The Kier molecular flexibility index (Phi) is 6.10. The molecule has 0 spiro atoms. The Labute approximate surface area is 149 Å². The molecule has 5 nitrogen and oxygen atoms in total. The number of halogens is 1. The Morgan fingerprint density at radius 1 is 1.12 bits per heavy atom. The van der Waals surface area contributed by atoms with Crippen LogP contribution in [0.4, 0.5) is 4.79 Å². The van der Waals surface area contributed by atoms with E-state index >= 15 is 0 Å². The maximum atomic E-state index is 12.4. The van der Waals surface area contributed by atoms with Crippen LogP contribution in [0.15, 0.2) is 24.3 Å². The van der Waals surface area contributed by atoms with Gasteiger partial charge in [-0.25, -0.2) is 4.79 Å². The van der Waals surface area contributed by atoms with Crippen LogP contribution in [0.1, 0.15) is 26.3 Å². The Hall–Kier alpha value is -1.75. The molecule has 0 saturated carbocycles. The molecule has 1 aromatic carbocycles. The highest BCUT2D eigenvalue weighted by Gasteiger charge is 2.24. The topological polar surface area (TPSA) is 52.7 Å². The molecule has 2 rings (SSSR count). The van der Waals surface area contributed by atoms with Crippen LogP contribution >= 0.6 is 11.6 Å². The van der Waals surface area contributed by atoms with E-state index in [1.807, 2.05) is 23.1 Å². The lowest BCUT2D eigenvalue weighted by Gasteiger charge is -2.35. The van der Waals surface area contributed by atoms with E-state index in [9.17, 15) is 9.59 Å². The second kappa shape index (κ2) is 7.88. The van der Waals surface area contributed by atoms with Gasteiger partial charge in [0.15, 0.2) is 0 Å². The van der Waals surface area contributed by atoms with Crippen molar-refractivity contribution in [1.29, 1.82) is 0 Å². The highest BCUT2D eigenvalue weighted by Crippen LogP contribution is 2.13. The van der Waals surface area contributed by atoms with Gasteiger partial charge in [-0.2, -0.15) is 0 Å². The summed E-state index contributed by atoms with van der Waals surface area (Å²) in [5.41, 5.74) is 0.975. The first-order valence-electron chi connectivity index (χ1n) is 8.29. The van der Waals surface area contributed by atoms with Gasteiger partial charge in [-0.1, -0.05) is 44.5 Å². The largest absolute Gasteiger partial charge is 0.339 e. The van der Waals surface area contributed by atoms with Gasteiger partial charge in [0.25, 0.3) is 0 Å². The number of rotatable bonds is 3. The Balaban J connectivity index is 1.79. The van der Waals surface area contributed by atoms with Crippen molar-refractivity contribution in [2.75, 3.05) is 32.7 Å². The van der Waals surface area contributed by atoms with E-state index in [1.54, 1.807) is 11.0 Å². The maximum absolute atomic E-state index is 12.4. The van der Waals surface area contributed by atoms with Crippen molar-refractivity contribution in [3.63, 3.8) is 0 Å². The fourth-order valence-corrected chi connectivity index (χ4v) is 2.76. The summed E-state index contributed by atoms with van der Waals surface area (Å²) in [7, 11) is 0. The van der Waals surface area contributed by atoms with Crippen molar-refractivity contribution in [3.05, 3.63) is 34.9 Å². The van der Waals surface area contributed by atoms with Gasteiger partial charge in [0.05, 0.1) is 6.42 Å². The number of carbonyl (C=O) groups excluding carboxylic acids is 2. The number of piperazine rings is 1. The first kappa shape index (κ1) is 18.6. The van der Waals surface area contributed by atoms with Crippen LogP contribution < -0.4 is 5.32 Å². The average Bonchev–Trinajstić information content (AvgIpc) is 2.52. The molecule has 3 amide bonds. The van der Waals surface area contributed by atoms with Crippen LogP contribution in [0.3, 0.4) is 0 Å². The molecule has 1 fully saturated rings. The van der Waals surface area contributed by atoms with Crippen molar-refractivity contribution in [1.82, 2.24) is 15.1 Å². The summed E-state index contributed by atoms with van der Waals surface area (Å²) in [6, 6.07) is 7.31. The molecule has 0 radical (unpaired) electrons. The molecule has 1 N–H and O–H groups in total. The number of nitrogens with one attached hydrogen (secondary N) is 1. The Morgan fingerprint density at radius 3 is 2.33 bits per heavy atom. The summed E-state index contributed by atoms with van der Waals surface area (Å²) in [5, 5.41) is 3.59. The first-order chi connectivity index (χ1) is 11.2. The quantitative estimate of drug-likeness (QED) is 0.910. The van der Waals surface area contributed by atoms with Gasteiger partial charge < -0.3 is 15.1 Å². The molecule has 0 atom stereocenters. The lowest BCUT2D eigenvalue weighted by molar-refractivity contribution is -0.131. The lowest BCUT2D eigenvalue weighted by Crippen LogP contribution is -2.54. The lowest BCUT2D eigenvalue weighted by atomic mass is 9.97. The third-order valence-electron chi connectivity index (χ3n) is 3.93. The molecule has 6 heteroatoms. The first-order valence-corrected chi connectivity index (χ1v) is 8.67. The van der Waals surface area contributed by atoms with E-state index in [4.69, 9.17) is 11.6 Å². The van der Waals surface area contributed by atoms with E-state index in [-0.39, 0.29) is 17.4 Å². The van der Waals surface area contributed by atoms with Crippen LogP contribution in [0.5, 0.6) is 0 Å². The zero-order chi connectivity index (χ0) is 17.7. The molecular weight excluding hydrogens is 326 g/mol. The van der Waals surface area contributed by atoms with Crippen molar-refractivity contribution < 1.29 is 9.59 Å². The van der Waals surface area contributed by atoms with Crippen LogP contribution in [0.25, 0.3) is 0 Å². The predicted molar refractivity (Wildman–Crippen MR) is 96.2 cm³/mol. The molecule has 1 aliphatic heterocycles. The van der Waals surface area contributed by atoms with Crippen molar-refractivity contribution in [2.45, 2.75) is 27.2 Å². The highest BCUT2D eigenvalue weighted by atomic mass is 35.5. The molecule has 1 saturated heterocycles. The zero-order valence-corrected chi connectivity index (χ0v) is 15.4. The summed E-state index contributed by atoms with van der Waals surface area (Å²) < 4.78 is 0. The molecule has 0 aromatic heterocycles. The van der Waals surface area contributed by atoms with Crippen LogP contribution in [-0.2, 0) is 11.2 Å². The fourth-order valence-electron chi connectivity index (χ4n) is 2.54. The number of nitrogens with zero attached hydrogens (tertiary/aromatic N) is 2. The third kappa shape index (κ3) is 5.71. The van der Waals surface area contributed by atoms with Crippen LogP contribution in [-0.4, -0.2) is 54.5 Å². The molecule has 0 bridgehead atoms. The smallest absolute Gasteiger partial charge is 0.317 e. The second-order valence-electron chi connectivity index (χ2n) is 7.39. The number of carbonyl (C=O) groups is 2. The number of hydrogen-bond acceptors (Lipinski definition) is 2. The molecule has 24 heavy (non-hydrogen) atoms. The third-order valence-corrected chi connectivity index (χ3v) is 4.17. The summed E-state index contributed by atoms with van der Waals surface area (Å²) in [4.78, 5) is 28.1. The second-order valence-corrected chi connectivity index (χ2v) is 7.83. The van der Waals surface area contributed by atoms with Gasteiger partial charge in [0.1, 0.15) is 0 Å². The number of benzene rings is 1. The molecule has 1 aliphatic rings. The molecule has 0 unspecified atom stereocenters. The summed E-state index contributed by atoms with van der Waals surface area (Å²) in [5.74, 6) is 0.0759. The minimum absolute atomic E-state index is 0.0492. The predicted octanol–water partition coefficient (Wildman–Crippen LogP) is 2.78. The van der Waals surface area contributed by atoms with E-state index in [0.29, 0.717) is 44.2 Å². The monoisotopic (exact) mass is 351 g/mol. The van der Waals surface area contributed by atoms with Gasteiger partial charge in [0, 0.05) is 37.7 Å². The van der Waals surface area contributed by atoms with E-state index in [0.717, 1.165) is 5.56 Å². The SMILES string of the molecule is CC(C)(C)CNC(=O)N1CCN(C(=O)Cc2cccc(Cl)c2)CC1. The van der Waals surface area contributed by atoms with Gasteiger partial charge in [0.2, 0.25) is 5.91 Å². The maximum Gasteiger partial charge on any atom is 0.317 e. The van der Waals surface area contributed by atoms with E-state index in [2.05, 4.69) is 26.1 Å². The summed E-state index contributed by atoms with van der Waals surface area (Å²) in [6.45, 7) is 9.16. The molecule has 0 aliphatic carbocycles. The fraction of sp³-hybridized carbons (Fsp3) is 0.556. The Bertz CT molecular complexity index is 590. The Morgan fingerprint density at radius 2 is 1.75 bits per heavy atom. The summed E-state index contributed by atoms with van der Waals surface area (Å²) >= 11 is 5.95. The molecule has 1 heterocycles. The zero-order valence-electron chi connectivity index (χ0n) is 14.6. The molecule has 132 valence electrons. The van der Waals surface area contributed by atoms with Gasteiger partial charge in [-0.05, 0) is 23.1 Å². The summed E-state index contributed by atoms with van der Waals surface area (Å²) in [6.07, 6.45) is 0.344.